The van der Waals surface area contributed by atoms with Crippen molar-refractivity contribution < 1.29 is 19.8 Å². The van der Waals surface area contributed by atoms with Gasteiger partial charge in [-0.25, -0.2) is 4.79 Å². The lowest BCUT2D eigenvalue weighted by molar-refractivity contribution is -0.136. The molecule has 0 aliphatic heterocycles. The molecule has 1 rings (SSSR count). The van der Waals surface area contributed by atoms with Crippen LogP contribution in [0.5, 0.6) is 0 Å². The molecule has 16 heavy (non-hydrogen) atoms. The SMILES string of the molecule is NCc1[nH]cc(/C=C/C(=O)O)c1CC(=O)O. The molecular formula is C10H12N2O4. The van der Waals surface area contributed by atoms with E-state index in [1.807, 2.05) is 0 Å². The maximum absolute atomic E-state index is 10.6. The minimum Gasteiger partial charge on any atom is -0.481 e. The first-order chi connectivity index (χ1) is 7.54. The summed E-state index contributed by atoms with van der Waals surface area (Å²) in [4.78, 5) is 23.8. The highest BCUT2D eigenvalue weighted by molar-refractivity contribution is 5.86. The van der Waals surface area contributed by atoms with Crippen LogP contribution in [0.4, 0.5) is 0 Å². The molecule has 0 fully saturated rings. The predicted octanol–water partition coefficient (Wildman–Crippen LogP) is 0.198. The number of rotatable bonds is 5. The molecule has 0 atom stereocenters. The number of carboxylic acid groups (broad SMARTS) is 2. The number of aromatic amines is 1. The zero-order valence-electron chi connectivity index (χ0n) is 8.43. The second-order valence-corrected chi connectivity index (χ2v) is 3.15. The fraction of sp³-hybridized carbons (Fsp3) is 0.200. The van der Waals surface area contributed by atoms with E-state index in [1.54, 1.807) is 6.20 Å². The predicted molar refractivity (Wildman–Crippen MR) is 56.7 cm³/mol. The molecule has 0 saturated heterocycles. The van der Waals surface area contributed by atoms with Crippen molar-refractivity contribution in [2.45, 2.75) is 13.0 Å². The van der Waals surface area contributed by atoms with Gasteiger partial charge < -0.3 is 20.9 Å². The van der Waals surface area contributed by atoms with Crippen molar-refractivity contribution in [3.05, 3.63) is 29.1 Å². The Labute approximate surface area is 91.4 Å². The molecule has 0 aliphatic rings. The third kappa shape index (κ3) is 2.96. The quantitative estimate of drug-likeness (QED) is 0.533. The van der Waals surface area contributed by atoms with E-state index in [4.69, 9.17) is 15.9 Å². The van der Waals surface area contributed by atoms with Gasteiger partial charge in [0.15, 0.2) is 0 Å². The van der Waals surface area contributed by atoms with Crippen LogP contribution < -0.4 is 5.73 Å². The third-order valence-corrected chi connectivity index (χ3v) is 2.05. The van der Waals surface area contributed by atoms with Crippen LogP contribution in [-0.4, -0.2) is 27.1 Å². The van der Waals surface area contributed by atoms with E-state index in [0.29, 0.717) is 16.8 Å². The van der Waals surface area contributed by atoms with Gasteiger partial charge in [0.05, 0.1) is 6.42 Å². The van der Waals surface area contributed by atoms with Crippen LogP contribution in [0.1, 0.15) is 16.8 Å². The summed E-state index contributed by atoms with van der Waals surface area (Å²) in [6.45, 7) is 0.184. The molecule has 1 heterocycles. The number of hydrogen-bond acceptors (Lipinski definition) is 3. The molecule has 0 unspecified atom stereocenters. The van der Waals surface area contributed by atoms with E-state index < -0.39 is 11.9 Å². The Bertz CT molecular complexity index is 434. The van der Waals surface area contributed by atoms with Crippen molar-refractivity contribution in [1.82, 2.24) is 4.98 Å². The van der Waals surface area contributed by atoms with Crippen molar-refractivity contribution >= 4 is 18.0 Å². The van der Waals surface area contributed by atoms with Crippen LogP contribution in [0.15, 0.2) is 12.3 Å². The Morgan fingerprint density at radius 3 is 2.62 bits per heavy atom. The Kier molecular flexibility index (Phi) is 3.84. The summed E-state index contributed by atoms with van der Waals surface area (Å²) in [6, 6.07) is 0. The molecule has 0 bridgehead atoms. The smallest absolute Gasteiger partial charge is 0.328 e. The highest BCUT2D eigenvalue weighted by atomic mass is 16.4. The van der Waals surface area contributed by atoms with Gasteiger partial charge in [-0.3, -0.25) is 4.79 Å². The Hall–Kier alpha value is -2.08. The molecule has 6 nitrogen and oxygen atoms in total. The number of nitrogens with one attached hydrogen (secondary N) is 1. The average molecular weight is 224 g/mol. The topological polar surface area (TPSA) is 116 Å². The number of nitrogens with two attached hydrogens (primary N) is 1. The van der Waals surface area contributed by atoms with Gasteiger partial charge in [-0.2, -0.15) is 0 Å². The summed E-state index contributed by atoms with van der Waals surface area (Å²) < 4.78 is 0. The third-order valence-electron chi connectivity index (χ3n) is 2.05. The van der Waals surface area contributed by atoms with Crippen LogP contribution in [0.25, 0.3) is 6.08 Å². The molecule has 1 aromatic rings. The fourth-order valence-electron chi connectivity index (χ4n) is 1.37. The van der Waals surface area contributed by atoms with E-state index in [9.17, 15) is 9.59 Å². The molecule has 0 aromatic carbocycles. The first kappa shape index (κ1) is 12.0. The highest BCUT2D eigenvalue weighted by Gasteiger charge is 2.11. The van der Waals surface area contributed by atoms with Crippen molar-refractivity contribution in [3.63, 3.8) is 0 Å². The maximum atomic E-state index is 10.6. The number of aliphatic carboxylic acids is 2. The number of aromatic nitrogens is 1. The van der Waals surface area contributed by atoms with Crippen LogP contribution in [0.2, 0.25) is 0 Å². The summed E-state index contributed by atoms with van der Waals surface area (Å²) in [7, 11) is 0. The summed E-state index contributed by atoms with van der Waals surface area (Å²) >= 11 is 0. The molecule has 5 N–H and O–H groups in total. The largest absolute Gasteiger partial charge is 0.481 e. The molecule has 0 amide bonds. The van der Waals surface area contributed by atoms with Gasteiger partial charge in [-0.15, -0.1) is 0 Å². The van der Waals surface area contributed by atoms with Crippen LogP contribution >= 0.6 is 0 Å². The van der Waals surface area contributed by atoms with E-state index >= 15 is 0 Å². The average Bonchev–Trinajstić information content (AvgIpc) is 2.56. The summed E-state index contributed by atoms with van der Waals surface area (Å²) in [6.07, 6.45) is 3.65. The summed E-state index contributed by atoms with van der Waals surface area (Å²) in [5.41, 5.74) is 7.09. The van der Waals surface area contributed by atoms with E-state index in [0.717, 1.165) is 6.08 Å². The molecule has 0 spiro atoms. The normalized spacial score (nSPS) is 10.8. The number of carbonyl (C=O) groups is 2. The van der Waals surface area contributed by atoms with Gasteiger partial charge >= 0.3 is 11.9 Å². The lowest BCUT2D eigenvalue weighted by Crippen LogP contribution is -2.06. The standard InChI is InChI=1S/C10H12N2O4/c11-4-8-7(3-10(15)16)6(5-12-8)1-2-9(13)14/h1-2,5,12H,3-4,11H2,(H,13,14)(H,15,16)/b2-1+. The zero-order valence-corrected chi connectivity index (χ0v) is 8.43. The number of carboxylic acids is 2. The van der Waals surface area contributed by atoms with Gasteiger partial charge in [0.25, 0.3) is 0 Å². The zero-order chi connectivity index (χ0) is 12.1. The number of H-pyrrole nitrogens is 1. The highest BCUT2D eigenvalue weighted by Crippen LogP contribution is 2.16. The van der Waals surface area contributed by atoms with E-state index in [2.05, 4.69) is 4.98 Å². The van der Waals surface area contributed by atoms with E-state index in [-0.39, 0.29) is 13.0 Å². The second-order valence-electron chi connectivity index (χ2n) is 3.15. The van der Waals surface area contributed by atoms with Gasteiger partial charge in [0, 0.05) is 24.5 Å². The van der Waals surface area contributed by atoms with Crippen molar-refractivity contribution in [2.75, 3.05) is 0 Å². The van der Waals surface area contributed by atoms with Crippen LogP contribution in [0, 0.1) is 0 Å². The van der Waals surface area contributed by atoms with Crippen molar-refractivity contribution in [2.24, 2.45) is 5.73 Å². The minimum absolute atomic E-state index is 0.184. The van der Waals surface area contributed by atoms with Crippen LogP contribution in [-0.2, 0) is 22.6 Å². The summed E-state index contributed by atoms with van der Waals surface area (Å²) in [5.74, 6) is -2.07. The first-order valence-corrected chi connectivity index (χ1v) is 4.56. The lowest BCUT2D eigenvalue weighted by atomic mass is 10.1. The maximum Gasteiger partial charge on any atom is 0.328 e. The fourth-order valence-corrected chi connectivity index (χ4v) is 1.37. The molecule has 6 heteroatoms. The van der Waals surface area contributed by atoms with Crippen LogP contribution in [0.3, 0.4) is 0 Å². The van der Waals surface area contributed by atoms with E-state index in [1.165, 1.54) is 6.08 Å². The molecule has 0 radical (unpaired) electrons. The molecule has 0 saturated carbocycles. The van der Waals surface area contributed by atoms with Gasteiger partial charge in [-0.05, 0) is 17.2 Å². The van der Waals surface area contributed by atoms with Gasteiger partial charge in [0.2, 0.25) is 0 Å². The van der Waals surface area contributed by atoms with Crippen molar-refractivity contribution in [3.8, 4) is 0 Å². The molecule has 1 aromatic heterocycles. The summed E-state index contributed by atoms with van der Waals surface area (Å²) in [5, 5.41) is 17.2. The Morgan fingerprint density at radius 2 is 2.12 bits per heavy atom. The monoisotopic (exact) mass is 224 g/mol. The second kappa shape index (κ2) is 5.13. The molecular weight excluding hydrogens is 212 g/mol. The number of hydrogen-bond donors (Lipinski definition) is 4. The van der Waals surface area contributed by atoms with Crippen molar-refractivity contribution in [1.29, 1.82) is 0 Å². The molecule has 86 valence electrons. The molecule has 0 aliphatic carbocycles. The van der Waals surface area contributed by atoms with Gasteiger partial charge in [0.1, 0.15) is 0 Å². The minimum atomic E-state index is -1.09. The van der Waals surface area contributed by atoms with Gasteiger partial charge in [-0.1, -0.05) is 0 Å². The lowest BCUT2D eigenvalue weighted by Gasteiger charge is -1.99. The first-order valence-electron chi connectivity index (χ1n) is 4.56. The Morgan fingerprint density at radius 1 is 1.44 bits per heavy atom. The Balaban J connectivity index is 3.04.